The zero-order valence-electron chi connectivity index (χ0n) is 19.6. The summed E-state index contributed by atoms with van der Waals surface area (Å²) in [7, 11) is -2.60. The number of benzene rings is 2. The van der Waals surface area contributed by atoms with E-state index in [-0.39, 0.29) is 11.3 Å². The van der Waals surface area contributed by atoms with Crippen molar-refractivity contribution in [2.24, 2.45) is 0 Å². The molecule has 0 radical (unpaired) electrons. The molecule has 2 aromatic rings. The molecule has 1 unspecified atom stereocenters. The number of sulfonamides is 1. The Morgan fingerprint density at radius 2 is 1.58 bits per heavy atom. The van der Waals surface area contributed by atoms with E-state index >= 15 is 0 Å². The van der Waals surface area contributed by atoms with Gasteiger partial charge in [-0.3, -0.25) is 9.59 Å². The zero-order valence-corrected chi connectivity index (χ0v) is 20.4. The van der Waals surface area contributed by atoms with Crippen molar-refractivity contribution in [1.82, 2.24) is 4.31 Å². The molecule has 1 fully saturated rings. The van der Waals surface area contributed by atoms with Crippen LogP contribution in [0.2, 0.25) is 0 Å². The van der Waals surface area contributed by atoms with E-state index in [0.717, 1.165) is 4.90 Å². The van der Waals surface area contributed by atoms with E-state index in [2.05, 4.69) is 0 Å². The molecule has 1 saturated heterocycles. The van der Waals surface area contributed by atoms with Gasteiger partial charge in [0.1, 0.15) is 17.5 Å². The van der Waals surface area contributed by atoms with E-state index in [0.29, 0.717) is 30.2 Å². The van der Waals surface area contributed by atoms with Crippen LogP contribution >= 0.6 is 0 Å². The Balaban J connectivity index is 2.01. The number of ether oxygens (including phenoxy) is 2. The highest BCUT2D eigenvalue weighted by Gasteiger charge is 2.51. The zero-order chi connectivity index (χ0) is 24.4. The van der Waals surface area contributed by atoms with E-state index in [1.165, 1.54) is 23.5 Å². The van der Waals surface area contributed by atoms with Gasteiger partial charge in [0, 0.05) is 5.54 Å². The van der Waals surface area contributed by atoms with E-state index in [9.17, 15) is 18.0 Å². The minimum atomic E-state index is -4.10. The first-order valence-electron chi connectivity index (χ1n) is 10.8. The summed E-state index contributed by atoms with van der Waals surface area (Å²) in [6.45, 7) is 7.71. The van der Waals surface area contributed by atoms with Crippen molar-refractivity contribution in [1.29, 1.82) is 0 Å². The first-order chi connectivity index (χ1) is 15.6. The Morgan fingerprint density at radius 1 is 1.00 bits per heavy atom. The van der Waals surface area contributed by atoms with Crippen LogP contribution in [0.15, 0.2) is 53.4 Å². The normalized spacial score (nSPS) is 17.0. The first-order valence-corrected chi connectivity index (χ1v) is 12.3. The highest BCUT2D eigenvalue weighted by atomic mass is 32.2. The smallest absolute Gasteiger partial charge is 0.252 e. The van der Waals surface area contributed by atoms with Crippen LogP contribution in [0.3, 0.4) is 0 Å². The van der Waals surface area contributed by atoms with Crippen LogP contribution in [0.5, 0.6) is 11.5 Å². The predicted molar refractivity (Wildman–Crippen MR) is 125 cm³/mol. The summed E-state index contributed by atoms with van der Waals surface area (Å²) in [4.78, 5) is 27.5. The number of amides is 2. The summed E-state index contributed by atoms with van der Waals surface area (Å²) in [6, 6.07) is 11.4. The number of hydrogen-bond donors (Lipinski definition) is 0. The second-order valence-corrected chi connectivity index (χ2v) is 10.2. The topological polar surface area (TPSA) is 93.2 Å². The van der Waals surface area contributed by atoms with Gasteiger partial charge in [-0.15, -0.1) is 0 Å². The molecule has 0 aliphatic carbocycles. The lowest BCUT2D eigenvalue weighted by molar-refractivity contribution is -0.122. The Kier molecular flexibility index (Phi) is 7.14. The molecule has 9 heteroatoms. The molecular formula is C24H30N2O6S. The van der Waals surface area contributed by atoms with E-state index in [1.54, 1.807) is 50.2 Å². The van der Waals surface area contributed by atoms with Gasteiger partial charge in [-0.25, -0.2) is 13.3 Å². The second-order valence-electron chi connectivity index (χ2n) is 8.36. The molecule has 1 heterocycles. The average Bonchev–Trinajstić information content (AvgIpc) is 3.07. The van der Waals surface area contributed by atoms with Crippen LogP contribution in [0.25, 0.3) is 0 Å². The maximum Gasteiger partial charge on any atom is 0.252 e. The molecular weight excluding hydrogens is 444 g/mol. The van der Waals surface area contributed by atoms with Crippen molar-refractivity contribution in [3.8, 4) is 11.5 Å². The van der Waals surface area contributed by atoms with Gasteiger partial charge in [0.15, 0.2) is 0 Å². The van der Waals surface area contributed by atoms with E-state index in [4.69, 9.17) is 9.47 Å². The molecule has 2 aromatic carbocycles. The standard InChI is InChI=1S/C24H30N2O6S/c1-6-24(3,4)26(33(29,30)20-14-12-18(31-5)13-15-20)21-16-22(27)25(23(21)28)17-8-10-19(11-9-17)32-7-2/h8-15,21H,6-7,16H2,1-5H3. The molecule has 0 bridgehead atoms. The van der Waals surface area contributed by atoms with Crippen LogP contribution in [0, 0.1) is 0 Å². The number of anilines is 1. The van der Waals surface area contributed by atoms with Crippen LogP contribution in [0.4, 0.5) is 5.69 Å². The Labute approximate surface area is 195 Å². The summed E-state index contributed by atoms with van der Waals surface area (Å²) in [6.07, 6.45) is 0.217. The minimum absolute atomic E-state index is 0.0320. The summed E-state index contributed by atoms with van der Waals surface area (Å²) in [5.41, 5.74) is -0.527. The van der Waals surface area contributed by atoms with Gasteiger partial charge in [-0.1, -0.05) is 6.92 Å². The van der Waals surface area contributed by atoms with Crippen molar-refractivity contribution < 1.29 is 27.5 Å². The lowest BCUT2D eigenvalue weighted by Crippen LogP contribution is -2.55. The first kappa shape index (κ1) is 24.7. The highest BCUT2D eigenvalue weighted by Crippen LogP contribution is 2.36. The van der Waals surface area contributed by atoms with Gasteiger partial charge in [0.25, 0.3) is 5.91 Å². The van der Waals surface area contributed by atoms with Crippen LogP contribution in [-0.2, 0) is 19.6 Å². The monoisotopic (exact) mass is 474 g/mol. The number of carbonyl (C=O) groups excluding carboxylic acids is 2. The summed E-state index contributed by atoms with van der Waals surface area (Å²) < 4.78 is 39.2. The van der Waals surface area contributed by atoms with Gasteiger partial charge in [-0.05, 0) is 75.7 Å². The van der Waals surface area contributed by atoms with Crippen molar-refractivity contribution in [3.63, 3.8) is 0 Å². The molecule has 1 aliphatic rings. The lowest BCUT2D eigenvalue weighted by atomic mass is 10.00. The maximum absolute atomic E-state index is 13.7. The molecule has 178 valence electrons. The fourth-order valence-electron chi connectivity index (χ4n) is 3.86. The number of hydrogen-bond acceptors (Lipinski definition) is 6. The molecule has 0 aromatic heterocycles. The molecule has 2 amide bonds. The lowest BCUT2D eigenvalue weighted by Gasteiger charge is -2.39. The SMILES string of the molecule is CCOc1ccc(N2C(=O)CC(N(C(C)(C)CC)S(=O)(=O)c3ccc(OC)cc3)C2=O)cc1. The molecule has 33 heavy (non-hydrogen) atoms. The number of methoxy groups -OCH3 is 1. The predicted octanol–water partition coefficient (Wildman–Crippen LogP) is 3.61. The minimum Gasteiger partial charge on any atom is -0.497 e. The van der Waals surface area contributed by atoms with E-state index < -0.39 is 33.4 Å². The molecule has 1 atom stereocenters. The maximum atomic E-state index is 13.7. The summed E-state index contributed by atoms with van der Waals surface area (Å²) >= 11 is 0. The second kappa shape index (κ2) is 9.52. The number of imide groups is 1. The fourth-order valence-corrected chi connectivity index (χ4v) is 5.85. The summed E-state index contributed by atoms with van der Waals surface area (Å²) in [5, 5.41) is 0. The Morgan fingerprint density at radius 3 is 2.09 bits per heavy atom. The number of carbonyl (C=O) groups is 2. The van der Waals surface area contributed by atoms with Gasteiger partial charge >= 0.3 is 0 Å². The van der Waals surface area contributed by atoms with Crippen molar-refractivity contribution in [2.75, 3.05) is 18.6 Å². The molecule has 0 N–H and O–H groups in total. The van der Waals surface area contributed by atoms with Crippen molar-refractivity contribution >= 4 is 27.5 Å². The van der Waals surface area contributed by atoms with Gasteiger partial charge < -0.3 is 9.47 Å². The van der Waals surface area contributed by atoms with Crippen molar-refractivity contribution in [2.45, 2.75) is 57.0 Å². The van der Waals surface area contributed by atoms with Gasteiger partial charge in [0.2, 0.25) is 15.9 Å². The van der Waals surface area contributed by atoms with Crippen LogP contribution < -0.4 is 14.4 Å². The van der Waals surface area contributed by atoms with E-state index in [1.807, 2.05) is 13.8 Å². The molecule has 1 aliphatic heterocycles. The molecule has 0 saturated carbocycles. The number of rotatable bonds is 9. The third-order valence-corrected chi connectivity index (χ3v) is 8.02. The Hall–Kier alpha value is -2.91. The Bertz CT molecular complexity index is 1110. The molecule has 3 rings (SSSR count). The third-order valence-electron chi connectivity index (χ3n) is 5.89. The largest absolute Gasteiger partial charge is 0.497 e. The fraction of sp³-hybridized carbons (Fsp3) is 0.417. The molecule has 8 nitrogen and oxygen atoms in total. The molecule has 0 spiro atoms. The van der Waals surface area contributed by atoms with Crippen LogP contribution in [-0.4, -0.2) is 49.8 Å². The highest BCUT2D eigenvalue weighted by molar-refractivity contribution is 7.89. The number of nitrogens with zero attached hydrogens (tertiary/aromatic N) is 2. The van der Waals surface area contributed by atoms with Gasteiger partial charge in [-0.2, -0.15) is 4.31 Å². The van der Waals surface area contributed by atoms with Crippen LogP contribution in [0.1, 0.15) is 40.5 Å². The third kappa shape index (κ3) is 4.74. The summed E-state index contributed by atoms with van der Waals surface area (Å²) in [5.74, 6) is 0.121. The van der Waals surface area contributed by atoms with Gasteiger partial charge in [0.05, 0.1) is 30.7 Å². The quantitative estimate of drug-likeness (QED) is 0.516. The average molecular weight is 475 g/mol. The van der Waals surface area contributed by atoms with Crippen molar-refractivity contribution in [3.05, 3.63) is 48.5 Å².